The average Bonchev–Trinajstić information content (AvgIpc) is 2.64. The van der Waals surface area contributed by atoms with Crippen LogP contribution in [0.15, 0.2) is 42.7 Å². The summed E-state index contributed by atoms with van der Waals surface area (Å²) in [4.78, 5) is 15.8. The van der Waals surface area contributed by atoms with Crippen LogP contribution in [0.5, 0.6) is 11.5 Å². The summed E-state index contributed by atoms with van der Waals surface area (Å²) in [5.74, 6) is 1.01. The predicted octanol–water partition coefficient (Wildman–Crippen LogP) is 1.88. The van der Waals surface area contributed by atoms with Crippen LogP contribution in [0.3, 0.4) is 0 Å². The van der Waals surface area contributed by atoms with E-state index in [1.54, 1.807) is 26.4 Å². The molecule has 0 aliphatic carbocycles. The average molecular weight is 329 g/mol. The first-order valence-electron chi connectivity index (χ1n) is 7.80. The van der Waals surface area contributed by atoms with E-state index >= 15 is 0 Å². The van der Waals surface area contributed by atoms with E-state index < -0.39 is 0 Å². The lowest BCUT2D eigenvalue weighted by molar-refractivity contribution is -0.124. The van der Waals surface area contributed by atoms with Crippen molar-refractivity contribution in [3.8, 4) is 11.5 Å². The number of nitrogens with two attached hydrogens (primary N) is 1. The van der Waals surface area contributed by atoms with Crippen LogP contribution in [-0.4, -0.2) is 24.5 Å². The number of hydrogen-bond donors (Lipinski definition) is 2. The fourth-order valence-electron chi connectivity index (χ4n) is 2.06. The van der Waals surface area contributed by atoms with E-state index in [1.165, 1.54) is 0 Å². The summed E-state index contributed by atoms with van der Waals surface area (Å²) >= 11 is 0. The van der Waals surface area contributed by atoms with Crippen LogP contribution >= 0.6 is 0 Å². The van der Waals surface area contributed by atoms with Gasteiger partial charge < -0.3 is 20.5 Å². The first-order valence-corrected chi connectivity index (χ1v) is 7.80. The molecule has 3 N–H and O–H groups in total. The lowest BCUT2D eigenvalue weighted by atomic mass is 10.1. The first-order chi connectivity index (χ1) is 11.6. The number of methoxy groups -OCH3 is 1. The highest BCUT2D eigenvalue weighted by Gasteiger charge is 2.11. The zero-order chi connectivity index (χ0) is 17.4. The third-order valence-electron chi connectivity index (χ3n) is 3.61. The van der Waals surface area contributed by atoms with Gasteiger partial charge in [0.1, 0.15) is 6.61 Å². The minimum Gasteiger partial charge on any atom is -0.493 e. The van der Waals surface area contributed by atoms with Crippen molar-refractivity contribution < 1.29 is 14.3 Å². The number of amides is 1. The zero-order valence-corrected chi connectivity index (χ0v) is 14.0. The van der Waals surface area contributed by atoms with Gasteiger partial charge in [-0.3, -0.25) is 9.78 Å². The summed E-state index contributed by atoms with van der Waals surface area (Å²) < 4.78 is 11.2. The van der Waals surface area contributed by atoms with Crippen molar-refractivity contribution in [1.82, 2.24) is 10.3 Å². The topological polar surface area (TPSA) is 86.5 Å². The Morgan fingerprint density at radius 1 is 1.29 bits per heavy atom. The van der Waals surface area contributed by atoms with Crippen molar-refractivity contribution in [2.24, 2.45) is 11.7 Å². The summed E-state index contributed by atoms with van der Waals surface area (Å²) in [6.45, 7) is 2.96. The molecule has 1 amide bonds. The Hall–Kier alpha value is -2.60. The second kappa shape index (κ2) is 8.88. The Labute approximate surface area is 142 Å². The SMILES string of the molecule is COc1cc(CNC(=O)C(C)CN)ccc1OCc1cccnc1. The number of pyridine rings is 1. The molecule has 0 radical (unpaired) electrons. The maximum atomic E-state index is 11.8. The second-order valence-corrected chi connectivity index (χ2v) is 5.49. The third kappa shape index (κ3) is 4.96. The molecule has 0 aliphatic heterocycles. The maximum Gasteiger partial charge on any atom is 0.224 e. The minimum atomic E-state index is -0.200. The fourth-order valence-corrected chi connectivity index (χ4v) is 2.06. The smallest absolute Gasteiger partial charge is 0.224 e. The Kier molecular flexibility index (Phi) is 6.57. The van der Waals surface area contributed by atoms with Crippen LogP contribution < -0.4 is 20.5 Å². The molecule has 1 atom stereocenters. The van der Waals surface area contributed by atoms with Crippen molar-refractivity contribution >= 4 is 5.91 Å². The molecule has 6 heteroatoms. The van der Waals surface area contributed by atoms with Gasteiger partial charge in [-0.25, -0.2) is 0 Å². The van der Waals surface area contributed by atoms with E-state index in [1.807, 2.05) is 30.3 Å². The molecule has 24 heavy (non-hydrogen) atoms. The van der Waals surface area contributed by atoms with Gasteiger partial charge in [-0.15, -0.1) is 0 Å². The highest BCUT2D eigenvalue weighted by molar-refractivity contribution is 5.78. The molecule has 0 aliphatic rings. The lowest BCUT2D eigenvalue weighted by Crippen LogP contribution is -2.32. The molecular weight excluding hydrogens is 306 g/mol. The molecule has 0 fully saturated rings. The summed E-state index contributed by atoms with van der Waals surface area (Å²) in [7, 11) is 1.59. The molecule has 2 aromatic rings. The molecule has 128 valence electrons. The van der Waals surface area contributed by atoms with E-state index in [-0.39, 0.29) is 11.8 Å². The monoisotopic (exact) mass is 329 g/mol. The molecule has 0 saturated heterocycles. The van der Waals surface area contributed by atoms with Crippen LogP contribution in [0.25, 0.3) is 0 Å². The summed E-state index contributed by atoms with van der Waals surface area (Å²) in [6, 6.07) is 9.40. The van der Waals surface area contributed by atoms with Gasteiger partial charge in [0.15, 0.2) is 11.5 Å². The Balaban J connectivity index is 1.98. The molecule has 1 aromatic heterocycles. The molecule has 0 saturated carbocycles. The Bertz CT molecular complexity index is 662. The number of aromatic nitrogens is 1. The zero-order valence-electron chi connectivity index (χ0n) is 14.0. The van der Waals surface area contributed by atoms with Gasteiger partial charge in [-0.2, -0.15) is 0 Å². The maximum absolute atomic E-state index is 11.8. The molecule has 1 aromatic carbocycles. The van der Waals surface area contributed by atoms with Gasteiger partial charge in [-0.05, 0) is 23.8 Å². The number of benzene rings is 1. The lowest BCUT2D eigenvalue weighted by Gasteiger charge is -2.13. The van der Waals surface area contributed by atoms with Gasteiger partial charge in [0.25, 0.3) is 0 Å². The standard InChI is InChI=1S/C18H23N3O3/c1-13(9-19)18(22)21-11-14-5-6-16(17(8-14)23-2)24-12-15-4-3-7-20-10-15/h3-8,10,13H,9,11-12,19H2,1-2H3,(H,21,22). The number of carbonyl (C=O) groups is 1. The number of rotatable bonds is 8. The van der Waals surface area contributed by atoms with Gasteiger partial charge in [0, 0.05) is 37.0 Å². The number of nitrogens with zero attached hydrogens (tertiary/aromatic N) is 1. The highest BCUT2D eigenvalue weighted by Crippen LogP contribution is 2.28. The fraction of sp³-hybridized carbons (Fsp3) is 0.333. The number of ether oxygens (including phenoxy) is 2. The van der Waals surface area contributed by atoms with E-state index in [4.69, 9.17) is 15.2 Å². The molecule has 2 rings (SSSR count). The second-order valence-electron chi connectivity index (χ2n) is 5.49. The van der Waals surface area contributed by atoms with Gasteiger partial charge >= 0.3 is 0 Å². The highest BCUT2D eigenvalue weighted by atomic mass is 16.5. The van der Waals surface area contributed by atoms with E-state index in [0.717, 1.165) is 11.1 Å². The summed E-state index contributed by atoms with van der Waals surface area (Å²) in [5.41, 5.74) is 7.39. The van der Waals surface area contributed by atoms with Gasteiger partial charge in [0.2, 0.25) is 5.91 Å². The van der Waals surface area contributed by atoms with Crippen molar-refractivity contribution in [3.63, 3.8) is 0 Å². The minimum absolute atomic E-state index is 0.0617. The normalized spacial score (nSPS) is 11.6. The summed E-state index contributed by atoms with van der Waals surface area (Å²) in [5, 5.41) is 2.85. The van der Waals surface area contributed by atoms with E-state index in [9.17, 15) is 4.79 Å². The van der Waals surface area contributed by atoms with Crippen molar-refractivity contribution in [2.45, 2.75) is 20.1 Å². The molecule has 1 heterocycles. The third-order valence-corrected chi connectivity index (χ3v) is 3.61. The van der Waals surface area contributed by atoms with Crippen LogP contribution in [0.2, 0.25) is 0 Å². The van der Waals surface area contributed by atoms with Crippen LogP contribution in [0.1, 0.15) is 18.1 Å². The number of hydrogen-bond acceptors (Lipinski definition) is 5. The summed E-state index contributed by atoms with van der Waals surface area (Å²) in [6.07, 6.45) is 3.48. The van der Waals surface area contributed by atoms with Crippen LogP contribution in [0, 0.1) is 5.92 Å². The van der Waals surface area contributed by atoms with Gasteiger partial charge in [-0.1, -0.05) is 19.1 Å². The predicted molar refractivity (Wildman–Crippen MR) is 91.6 cm³/mol. The number of carbonyl (C=O) groups excluding carboxylic acids is 1. The van der Waals surface area contributed by atoms with Crippen LogP contribution in [-0.2, 0) is 17.9 Å². The first kappa shape index (κ1) is 17.7. The quantitative estimate of drug-likeness (QED) is 0.772. The largest absolute Gasteiger partial charge is 0.493 e. The Morgan fingerprint density at radius 3 is 2.79 bits per heavy atom. The van der Waals surface area contributed by atoms with E-state index in [0.29, 0.717) is 31.2 Å². The molecular formula is C18H23N3O3. The van der Waals surface area contributed by atoms with Crippen molar-refractivity contribution in [1.29, 1.82) is 0 Å². The van der Waals surface area contributed by atoms with Crippen molar-refractivity contribution in [3.05, 3.63) is 53.9 Å². The molecule has 0 bridgehead atoms. The number of nitrogens with one attached hydrogen (secondary N) is 1. The van der Waals surface area contributed by atoms with Gasteiger partial charge in [0.05, 0.1) is 7.11 Å². The van der Waals surface area contributed by atoms with Crippen molar-refractivity contribution in [2.75, 3.05) is 13.7 Å². The Morgan fingerprint density at radius 2 is 2.12 bits per heavy atom. The van der Waals surface area contributed by atoms with E-state index in [2.05, 4.69) is 10.3 Å². The van der Waals surface area contributed by atoms with Crippen LogP contribution in [0.4, 0.5) is 0 Å². The molecule has 6 nitrogen and oxygen atoms in total. The molecule has 1 unspecified atom stereocenters. The molecule has 0 spiro atoms.